The molecule has 0 fully saturated rings. The Hall–Kier alpha value is -3.90. The second-order valence-electron chi connectivity index (χ2n) is 7.09. The van der Waals surface area contributed by atoms with Crippen molar-refractivity contribution in [3.8, 4) is 11.5 Å². The molecule has 0 saturated heterocycles. The summed E-state index contributed by atoms with van der Waals surface area (Å²) in [5.41, 5.74) is 3.42. The zero-order valence-electron chi connectivity index (χ0n) is 16.4. The van der Waals surface area contributed by atoms with E-state index in [2.05, 4.69) is 27.4 Å². The van der Waals surface area contributed by atoms with Gasteiger partial charge in [0.2, 0.25) is 0 Å². The molecular weight excluding hydrogens is 410 g/mol. The highest BCUT2D eigenvalue weighted by atomic mass is 35.5. The molecule has 5 rings (SSSR count). The monoisotopic (exact) mass is 427 g/mol. The Kier molecular flexibility index (Phi) is 4.98. The van der Waals surface area contributed by atoms with Crippen molar-refractivity contribution in [3.63, 3.8) is 0 Å². The van der Waals surface area contributed by atoms with Crippen molar-refractivity contribution >= 4 is 28.7 Å². The lowest BCUT2D eigenvalue weighted by atomic mass is 10.2. The number of para-hydroxylation sites is 1. The quantitative estimate of drug-likeness (QED) is 0.421. The normalized spacial score (nSPS) is 11.0. The smallest absolute Gasteiger partial charge is 0.276 e. The number of amides is 1. The molecule has 1 amide bonds. The minimum absolute atomic E-state index is 0.313. The van der Waals surface area contributed by atoms with Crippen LogP contribution in [-0.4, -0.2) is 24.8 Å². The summed E-state index contributed by atoms with van der Waals surface area (Å²) in [7, 11) is 0. The van der Waals surface area contributed by atoms with E-state index in [1.54, 1.807) is 18.5 Å². The van der Waals surface area contributed by atoms with E-state index in [0.717, 1.165) is 0 Å². The first-order valence-corrected chi connectivity index (χ1v) is 10.2. The van der Waals surface area contributed by atoms with Crippen molar-refractivity contribution in [3.05, 3.63) is 108 Å². The first-order chi connectivity index (χ1) is 15.2. The minimum atomic E-state index is -0.327. The van der Waals surface area contributed by atoms with Crippen LogP contribution in [0.3, 0.4) is 0 Å². The summed E-state index contributed by atoms with van der Waals surface area (Å²) in [5, 5.41) is 3.32. The summed E-state index contributed by atoms with van der Waals surface area (Å²) in [5.74, 6) is 0.276. The number of halogens is 1. The van der Waals surface area contributed by atoms with Gasteiger partial charge in [-0.05, 0) is 29.8 Å². The number of pyridine rings is 1. The molecule has 0 bridgehead atoms. The summed E-state index contributed by atoms with van der Waals surface area (Å²) < 4.78 is 3.87. The Morgan fingerprint density at radius 3 is 2.58 bits per heavy atom. The Labute approximate surface area is 183 Å². The molecule has 7 heteroatoms. The van der Waals surface area contributed by atoms with E-state index in [1.165, 1.54) is 5.56 Å². The van der Waals surface area contributed by atoms with Crippen LogP contribution in [0.2, 0.25) is 5.02 Å². The molecule has 1 N–H and O–H groups in total. The minimum Gasteiger partial charge on any atom is -0.332 e. The standard InChI is InChI=1S/C24H18ClN5O/c25-18-10-4-5-11-19(18)27-24(31)22-21-12-6-7-13-30(21)23(28-22)20-15-29(16-26-20)14-17-8-2-1-3-9-17/h1-13,15-16H,14H2,(H,27,31). The zero-order chi connectivity index (χ0) is 21.2. The first kappa shape index (κ1) is 19.1. The second-order valence-corrected chi connectivity index (χ2v) is 7.50. The Balaban J connectivity index is 1.49. The van der Waals surface area contributed by atoms with Crippen LogP contribution in [-0.2, 0) is 6.54 Å². The van der Waals surface area contributed by atoms with E-state index in [0.29, 0.717) is 40.0 Å². The Morgan fingerprint density at radius 1 is 0.968 bits per heavy atom. The van der Waals surface area contributed by atoms with Crippen LogP contribution in [0.1, 0.15) is 16.1 Å². The highest BCUT2D eigenvalue weighted by Crippen LogP contribution is 2.25. The molecule has 3 aromatic heterocycles. The molecule has 0 aliphatic heterocycles. The van der Waals surface area contributed by atoms with Crippen LogP contribution >= 0.6 is 11.6 Å². The van der Waals surface area contributed by atoms with E-state index in [1.807, 2.05) is 69.9 Å². The van der Waals surface area contributed by atoms with Gasteiger partial charge in [-0.25, -0.2) is 9.97 Å². The van der Waals surface area contributed by atoms with Gasteiger partial charge in [0.25, 0.3) is 5.91 Å². The largest absolute Gasteiger partial charge is 0.332 e. The number of benzene rings is 2. The van der Waals surface area contributed by atoms with Crippen molar-refractivity contribution in [2.45, 2.75) is 6.54 Å². The Bertz CT molecular complexity index is 1370. The van der Waals surface area contributed by atoms with Gasteiger partial charge in [0.15, 0.2) is 11.5 Å². The van der Waals surface area contributed by atoms with Gasteiger partial charge in [-0.2, -0.15) is 0 Å². The molecule has 31 heavy (non-hydrogen) atoms. The summed E-state index contributed by atoms with van der Waals surface area (Å²) in [6.07, 6.45) is 5.58. The molecular formula is C24H18ClN5O. The molecule has 0 radical (unpaired) electrons. The third-order valence-electron chi connectivity index (χ3n) is 4.96. The zero-order valence-corrected chi connectivity index (χ0v) is 17.2. The molecule has 3 heterocycles. The number of rotatable bonds is 5. The van der Waals surface area contributed by atoms with Gasteiger partial charge >= 0.3 is 0 Å². The predicted molar refractivity (Wildman–Crippen MR) is 121 cm³/mol. The molecule has 6 nitrogen and oxygen atoms in total. The van der Waals surface area contributed by atoms with E-state index in [-0.39, 0.29) is 5.91 Å². The highest BCUT2D eigenvalue weighted by Gasteiger charge is 2.20. The van der Waals surface area contributed by atoms with Crippen LogP contribution in [0.15, 0.2) is 91.5 Å². The summed E-state index contributed by atoms with van der Waals surface area (Å²) in [4.78, 5) is 22.2. The lowest BCUT2D eigenvalue weighted by Crippen LogP contribution is -2.13. The number of carbonyl (C=O) groups is 1. The van der Waals surface area contributed by atoms with Gasteiger partial charge in [-0.15, -0.1) is 0 Å². The lowest BCUT2D eigenvalue weighted by Gasteiger charge is -2.05. The maximum Gasteiger partial charge on any atom is 0.276 e. The fourth-order valence-corrected chi connectivity index (χ4v) is 3.67. The van der Waals surface area contributed by atoms with Crippen molar-refractivity contribution < 1.29 is 4.79 Å². The van der Waals surface area contributed by atoms with Crippen molar-refractivity contribution in [2.24, 2.45) is 0 Å². The van der Waals surface area contributed by atoms with Gasteiger partial charge in [0.05, 0.1) is 22.6 Å². The number of carbonyl (C=O) groups excluding carboxylic acids is 1. The van der Waals surface area contributed by atoms with E-state index in [9.17, 15) is 4.79 Å². The number of hydrogen-bond acceptors (Lipinski definition) is 3. The van der Waals surface area contributed by atoms with E-state index >= 15 is 0 Å². The number of imidazole rings is 2. The summed E-state index contributed by atoms with van der Waals surface area (Å²) >= 11 is 6.19. The van der Waals surface area contributed by atoms with Gasteiger partial charge in [0, 0.05) is 18.9 Å². The number of nitrogens with zero attached hydrogens (tertiary/aromatic N) is 4. The predicted octanol–water partition coefficient (Wildman–Crippen LogP) is 5.15. The lowest BCUT2D eigenvalue weighted by molar-refractivity contribution is 0.102. The highest BCUT2D eigenvalue weighted by molar-refractivity contribution is 6.34. The van der Waals surface area contributed by atoms with Gasteiger partial charge in [-0.1, -0.05) is 60.1 Å². The molecule has 0 unspecified atom stereocenters. The average Bonchev–Trinajstić information content (AvgIpc) is 3.41. The van der Waals surface area contributed by atoms with Crippen molar-refractivity contribution in [1.29, 1.82) is 0 Å². The molecule has 0 aliphatic carbocycles. The maximum atomic E-state index is 13.0. The number of nitrogens with one attached hydrogen (secondary N) is 1. The number of fused-ring (bicyclic) bond motifs is 1. The summed E-state index contributed by atoms with van der Waals surface area (Å²) in [6, 6.07) is 22.9. The van der Waals surface area contributed by atoms with Gasteiger partial charge < -0.3 is 9.88 Å². The van der Waals surface area contributed by atoms with Crippen molar-refractivity contribution in [1.82, 2.24) is 18.9 Å². The number of hydrogen-bond donors (Lipinski definition) is 1. The fraction of sp³-hybridized carbons (Fsp3) is 0.0417. The van der Waals surface area contributed by atoms with Gasteiger partial charge in [0.1, 0.15) is 5.69 Å². The van der Waals surface area contributed by atoms with Crippen LogP contribution in [0.4, 0.5) is 5.69 Å². The third kappa shape index (κ3) is 3.81. The van der Waals surface area contributed by atoms with Crippen LogP contribution in [0, 0.1) is 0 Å². The first-order valence-electron chi connectivity index (χ1n) is 9.78. The van der Waals surface area contributed by atoms with Gasteiger partial charge in [-0.3, -0.25) is 9.20 Å². The maximum absolute atomic E-state index is 13.0. The van der Waals surface area contributed by atoms with E-state index in [4.69, 9.17) is 11.6 Å². The average molecular weight is 428 g/mol. The molecule has 0 aliphatic rings. The molecule has 5 aromatic rings. The third-order valence-corrected chi connectivity index (χ3v) is 5.29. The number of aromatic nitrogens is 4. The van der Waals surface area contributed by atoms with Crippen LogP contribution < -0.4 is 5.32 Å². The van der Waals surface area contributed by atoms with Crippen molar-refractivity contribution in [2.75, 3.05) is 5.32 Å². The second kappa shape index (κ2) is 8.08. The molecule has 2 aromatic carbocycles. The molecule has 152 valence electrons. The van der Waals surface area contributed by atoms with Crippen LogP contribution in [0.5, 0.6) is 0 Å². The fourth-order valence-electron chi connectivity index (χ4n) is 3.49. The molecule has 0 spiro atoms. The number of anilines is 1. The summed E-state index contributed by atoms with van der Waals surface area (Å²) in [6.45, 7) is 0.705. The molecule has 0 atom stereocenters. The van der Waals surface area contributed by atoms with E-state index < -0.39 is 0 Å². The Morgan fingerprint density at radius 2 is 1.74 bits per heavy atom. The van der Waals surface area contributed by atoms with Crippen LogP contribution in [0.25, 0.3) is 17.0 Å². The topological polar surface area (TPSA) is 64.2 Å². The SMILES string of the molecule is O=C(Nc1ccccc1Cl)c1nc(-c2cn(Cc3ccccc3)cn2)n2ccccc12. The molecule has 0 saturated carbocycles.